The number of thiophene rings is 1. The molecule has 2 N–H and O–H groups in total. The Kier molecular flexibility index (Phi) is 6.88. The summed E-state index contributed by atoms with van der Waals surface area (Å²) >= 11 is 1.66. The molecular formula is C21H27NO4S. The van der Waals surface area contributed by atoms with Crippen LogP contribution in [0.3, 0.4) is 0 Å². The fourth-order valence-corrected chi connectivity index (χ4v) is 4.17. The van der Waals surface area contributed by atoms with Crippen molar-refractivity contribution >= 4 is 17.2 Å². The van der Waals surface area contributed by atoms with E-state index in [1.165, 1.54) is 4.88 Å². The van der Waals surface area contributed by atoms with Crippen molar-refractivity contribution in [3.63, 3.8) is 0 Å². The van der Waals surface area contributed by atoms with E-state index in [0.717, 1.165) is 24.2 Å². The minimum absolute atomic E-state index is 0.00659. The predicted molar refractivity (Wildman–Crippen MR) is 106 cm³/mol. The van der Waals surface area contributed by atoms with Crippen LogP contribution in [0.25, 0.3) is 0 Å². The van der Waals surface area contributed by atoms with Crippen molar-refractivity contribution in [1.82, 2.24) is 5.32 Å². The number of carbonyl (C=O) groups is 1. The minimum atomic E-state index is -0.276. The quantitative estimate of drug-likeness (QED) is 0.728. The largest absolute Gasteiger partial charge is 0.497 e. The molecule has 5 nitrogen and oxygen atoms in total. The molecule has 1 aliphatic heterocycles. The minimum Gasteiger partial charge on any atom is -0.497 e. The lowest BCUT2D eigenvalue weighted by Gasteiger charge is -2.36. The molecule has 3 rings (SSSR count). The Balaban J connectivity index is 1.73. The van der Waals surface area contributed by atoms with E-state index in [2.05, 4.69) is 11.4 Å². The molecule has 0 aliphatic carbocycles. The first-order valence-electron chi connectivity index (χ1n) is 9.28. The Labute approximate surface area is 164 Å². The van der Waals surface area contributed by atoms with Crippen LogP contribution < -0.4 is 10.1 Å². The lowest BCUT2D eigenvalue weighted by atomic mass is 9.80. The van der Waals surface area contributed by atoms with E-state index in [1.807, 2.05) is 35.7 Å². The molecule has 1 aromatic heterocycles. The second kappa shape index (κ2) is 9.35. The highest BCUT2D eigenvalue weighted by molar-refractivity contribution is 7.09. The van der Waals surface area contributed by atoms with Crippen LogP contribution in [0, 0.1) is 5.41 Å². The van der Waals surface area contributed by atoms with E-state index in [4.69, 9.17) is 9.47 Å². The van der Waals surface area contributed by atoms with Crippen LogP contribution in [0.15, 0.2) is 41.8 Å². The van der Waals surface area contributed by atoms with Crippen LogP contribution >= 0.6 is 11.3 Å². The lowest BCUT2D eigenvalue weighted by molar-refractivity contribution is -0.123. The molecule has 1 amide bonds. The Morgan fingerprint density at radius 3 is 2.63 bits per heavy atom. The highest BCUT2D eigenvalue weighted by atomic mass is 32.1. The van der Waals surface area contributed by atoms with Crippen LogP contribution in [0.5, 0.6) is 5.75 Å². The lowest BCUT2D eigenvalue weighted by Crippen LogP contribution is -2.45. The molecule has 27 heavy (non-hydrogen) atoms. The van der Waals surface area contributed by atoms with Gasteiger partial charge in [-0.05, 0) is 48.4 Å². The van der Waals surface area contributed by atoms with Crippen LogP contribution in [0.4, 0.5) is 0 Å². The van der Waals surface area contributed by atoms with E-state index in [0.29, 0.717) is 26.2 Å². The molecule has 1 unspecified atom stereocenters. The third kappa shape index (κ3) is 5.09. The highest BCUT2D eigenvalue weighted by Gasteiger charge is 2.33. The monoisotopic (exact) mass is 389 g/mol. The molecule has 0 bridgehead atoms. The van der Waals surface area contributed by atoms with Crippen LogP contribution in [0.2, 0.25) is 0 Å². The number of benzene rings is 1. The molecule has 2 heterocycles. The summed E-state index contributed by atoms with van der Waals surface area (Å²) in [5.74, 6) is 0.494. The zero-order valence-electron chi connectivity index (χ0n) is 15.6. The average molecular weight is 390 g/mol. The Morgan fingerprint density at radius 2 is 2.04 bits per heavy atom. The fourth-order valence-electron chi connectivity index (χ4n) is 3.42. The van der Waals surface area contributed by atoms with Gasteiger partial charge in [-0.1, -0.05) is 18.2 Å². The molecule has 1 fully saturated rings. The summed E-state index contributed by atoms with van der Waals surface area (Å²) in [5, 5.41) is 15.0. The van der Waals surface area contributed by atoms with Gasteiger partial charge in [0.25, 0.3) is 0 Å². The summed E-state index contributed by atoms with van der Waals surface area (Å²) in [6.45, 7) is 1.80. The summed E-state index contributed by atoms with van der Waals surface area (Å²) < 4.78 is 10.6. The molecule has 1 aromatic carbocycles. The Morgan fingerprint density at radius 1 is 1.30 bits per heavy atom. The second-order valence-corrected chi connectivity index (χ2v) is 8.13. The molecule has 1 saturated heterocycles. The number of hydrogen-bond donors (Lipinski definition) is 2. The fraction of sp³-hybridized carbons (Fsp3) is 0.476. The summed E-state index contributed by atoms with van der Waals surface area (Å²) in [4.78, 5) is 14.2. The number of ether oxygens (including phenoxy) is 2. The first-order chi connectivity index (χ1) is 13.2. The predicted octanol–water partition coefficient (Wildman–Crippen LogP) is 2.99. The molecule has 0 spiro atoms. The SMILES string of the molecule is COc1ccc(C(Cc2cccs2)C(=O)NCC2(CO)CCOCC2)cc1. The number of methoxy groups -OCH3 is 1. The Hall–Kier alpha value is -1.89. The standard InChI is InChI=1S/C21H27NO4S/c1-25-17-6-4-16(5-7-17)19(13-18-3-2-12-27-18)20(24)22-14-21(15-23)8-10-26-11-9-21/h2-7,12,19,23H,8-11,13-15H2,1H3,(H,22,24). The smallest absolute Gasteiger partial charge is 0.227 e. The third-order valence-electron chi connectivity index (χ3n) is 5.35. The maximum absolute atomic E-state index is 13.1. The number of hydrogen-bond acceptors (Lipinski definition) is 5. The van der Waals surface area contributed by atoms with E-state index in [1.54, 1.807) is 18.4 Å². The van der Waals surface area contributed by atoms with E-state index >= 15 is 0 Å². The molecule has 1 atom stereocenters. The molecular weight excluding hydrogens is 362 g/mol. The van der Waals surface area contributed by atoms with Crippen molar-refractivity contribution in [2.75, 3.05) is 33.5 Å². The van der Waals surface area contributed by atoms with Crippen LogP contribution in [-0.4, -0.2) is 44.5 Å². The van der Waals surface area contributed by atoms with Gasteiger partial charge >= 0.3 is 0 Å². The van der Waals surface area contributed by atoms with Crippen LogP contribution in [0.1, 0.15) is 29.2 Å². The molecule has 146 valence electrons. The van der Waals surface area contributed by atoms with Gasteiger partial charge in [0.15, 0.2) is 0 Å². The normalized spacial score (nSPS) is 17.3. The van der Waals surface area contributed by atoms with Gasteiger partial charge in [-0.15, -0.1) is 11.3 Å². The van der Waals surface area contributed by atoms with Gasteiger partial charge in [0.05, 0.1) is 19.6 Å². The van der Waals surface area contributed by atoms with E-state index in [9.17, 15) is 9.90 Å². The van der Waals surface area contributed by atoms with Gasteiger partial charge in [-0.2, -0.15) is 0 Å². The van der Waals surface area contributed by atoms with Crippen molar-refractivity contribution in [1.29, 1.82) is 0 Å². The van der Waals surface area contributed by atoms with Gasteiger partial charge in [-0.3, -0.25) is 4.79 Å². The van der Waals surface area contributed by atoms with Crippen molar-refractivity contribution in [3.05, 3.63) is 52.2 Å². The summed E-state index contributed by atoms with van der Waals surface area (Å²) in [7, 11) is 1.63. The molecule has 2 aromatic rings. The maximum atomic E-state index is 13.1. The van der Waals surface area contributed by atoms with Crippen molar-refractivity contribution in [2.45, 2.75) is 25.2 Å². The molecule has 6 heteroatoms. The topological polar surface area (TPSA) is 67.8 Å². The Bertz CT molecular complexity index is 708. The maximum Gasteiger partial charge on any atom is 0.227 e. The summed E-state index contributed by atoms with van der Waals surface area (Å²) in [6.07, 6.45) is 2.19. The second-order valence-electron chi connectivity index (χ2n) is 7.10. The summed E-state index contributed by atoms with van der Waals surface area (Å²) in [6, 6.07) is 11.7. The van der Waals surface area contributed by atoms with Gasteiger partial charge in [0.1, 0.15) is 5.75 Å². The number of amides is 1. The number of aliphatic hydroxyl groups excluding tert-OH is 1. The number of carbonyl (C=O) groups excluding carboxylic acids is 1. The van der Waals surface area contributed by atoms with Gasteiger partial charge in [0, 0.05) is 30.1 Å². The zero-order chi connectivity index (χ0) is 19.1. The first-order valence-corrected chi connectivity index (χ1v) is 10.2. The molecule has 0 radical (unpaired) electrons. The van der Waals surface area contributed by atoms with Gasteiger partial charge < -0.3 is 19.9 Å². The molecule has 0 saturated carbocycles. The number of rotatable bonds is 8. The van der Waals surface area contributed by atoms with Crippen molar-refractivity contribution in [3.8, 4) is 5.75 Å². The number of nitrogens with one attached hydrogen (secondary N) is 1. The van der Waals surface area contributed by atoms with E-state index < -0.39 is 0 Å². The highest BCUT2D eigenvalue weighted by Crippen LogP contribution is 2.30. The summed E-state index contributed by atoms with van der Waals surface area (Å²) in [5.41, 5.74) is 0.688. The van der Waals surface area contributed by atoms with Crippen molar-refractivity contribution in [2.24, 2.45) is 5.41 Å². The van der Waals surface area contributed by atoms with Crippen LogP contribution in [-0.2, 0) is 16.0 Å². The van der Waals surface area contributed by atoms with Crippen molar-refractivity contribution < 1.29 is 19.4 Å². The zero-order valence-corrected chi connectivity index (χ0v) is 16.5. The van der Waals surface area contributed by atoms with E-state index in [-0.39, 0.29) is 23.8 Å². The number of aliphatic hydroxyl groups is 1. The third-order valence-corrected chi connectivity index (χ3v) is 6.25. The van der Waals surface area contributed by atoms with Gasteiger partial charge in [0.2, 0.25) is 5.91 Å². The average Bonchev–Trinajstić information content (AvgIpc) is 3.24. The first kappa shape index (κ1) is 19.9. The molecule has 1 aliphatic rings. The van der Waals surface area contributed by atoms with Gasteiger partial charge in [-0.25, -0.2) is 0 Å².